The van der Waals surface area contributed by atoms with Crippen molar-refractivity contribution in [1.82, 2.24) is 5.32 Å². The minimum absolute atomic E-state index is 0.231. The molecule has 0 heterocycles. The van der Waals surface area contributed by atoms with Crippen LogP contribution in [0.15, 0.2) is 30.3 Å². The van der Waals surface area contributed by atoms with E-state index in [9.17, 15) is 9.59 Å². The highest BCUT2D eigenvalue weighted by Crippen LogP contribution is 2.19. The molecule has 0 bridgehead atoms. The second-order valence-electron chi connectivity index (χ2n) is 5.70. The summed E-state index contributed by atoms with van der Waals surface area (Å²) in [5, 5.41) is 2.85. The molecule has 1 N–H and O–H groups in total. The lowest BCUT2D eigenvalue weighted by atomic mass is 10.1. The average Bonchev–Trinajstić information content (AvgIpc) is 2.45. The number of carbonyl (C=O) groups is 2. The number of hydrogen-bond donors (Lipinski definition) is 1. The zero-order chi connectivity index (χ0) is 16.6. The Kier molecular flexibility index (Phi) is 7.24. The molecular formula is C16H23NO4S. The highest BCUT2D eigenvalue weighted by molar-refractivity contribution is 7.99. The maximum absolute atomic E-state index is 12.0. The molecule has 0 aliphatic carbocycles. The first-order chi connectivity index (χ1) is 10.3. The maximum atomic E-state index is 12.0. The third-order valence-corrected chi connectivity index (χ3v) is 3.63. The number of nitrogens with one attached hydrogen (secondary N) is 1. The van der Waals surface area contributed by atoms with Crippen molar-refractivity contribution < 1.29 is 19.1 Å². The third-order valence-electron chi connectivity index (χ3n) is 2.63. The van der Waals surface area contributed by atoms with Crippen LogP contribution in [0.1, 0.15) is 32.4 Å². The smallest absolute Gasteiger partial charge is 0.408 e. The van der Waals surface area contributed by atoms with Crippen molar-refractivity contribution in [2.75, 3.05) is 18.6 Å². The highest BCUT2D eigenvalue weighted by atomic mass is 32.2. The lowest BCUT2D eigenvalue weighted by Gasteiger charge is -2.23. The molecule has 1 unspecified atom stereocenters. The number of esters is 1. The van der Waals surface area contributed by atoms with E-state index in [1.54, 1.807) is 0 Å². The zero-order valence-electron chi connectivity index (χ0n) is 13.4. The predicted octanol–water partition coefficient (Wildman–Crippen LogP) is 3.16. The topological polar surface area (TPSA) is 64.6 Å². The van der Waals surface area contributed by atoms with Gasteiger partial charge in [-0.15, -0.1) is 11.8 Å². The van der Waals surface area contributed by atoms with Gasteiger partial charge in [0.15, 0.2) is 0 Å². The molecule has 0 radical (unpaired) electrons. The quantitative estimate of drug-likeness (QED) is 0.814. The Bertz CT molecular complexity index is 485. The molecular weight excluding hydrogens is 302 g/mol. The minimum atomic E-state index is -0.551. The largest absolute Gasteiger partial charge is 0.468 e. The number of hydrogen-bond acceptors (Lipinski definition) is 5. The van der Waals surface area contributed by atoms with E-state index in [-0.39, 0.29) is 17.8 Å². The standard InChI is InChI=1S/C16H23NO4S/c1-16(2,3)21-15(19)17-13(10-22-11-14(18)20-4)12-8-6-5-7-9-12/h5-9,13H,10-11H2,1-4H3,(H,17,19). The lowest BCUT2D eigenvalue weighted by molar-refractivity contribution is -0.137. The number of carbonyl (C=O) groups excluding carboxylic acids is 2. The van der Waals surface area contributed by atoms with Gasteiger partial charge in [-0.05, 0) is 26.3 Å². The second-order valence-corrected chi connectivity index (χ2v) is 6.73. The van der Waals surface area contributed by atoms with Gasteiger partial charge in [0.05, 0.1) is 18.9 Å². The van der Waals surface area contributed by atoms with E-state index in [4.69, 9.17) is 4.74 Å². The maximum Gasteiger partial charge on any atom is 0.408 e. The van der Waals surface area contributed by atoms with E-state index in [0.29, 0.717) is 5.75 Å². The molecule has 1 aromatic rings. The summed E-state index contributed by atoms with van der Waals surface area (Å²) in [5.41, 5.74) is 0.413. The number of thioether (sulfide) groups is 1. The monoisotopic (exact) mass is 325 g/mol. The van der Waals surface area contributed by atoms with Gasteiger partial charge < -0.3 is 14.8 Å². The fraction of sp³-hybridized carbons (Fsp3) is 0.500. The van der Waals surface area contributed by atoms with Gasteiger partial charge in [-0.3, -0.25) is 4.79 Å². The minimum Gasteiger partial charge on any atom is -0.468 e. The van der Waals surface area contributed by atoms with Crippen molar-refractivity contribution in [2.24, 2.45) is 0 Å². The average molecular weight is 325 g/mol. The van der Waals surface area contributed by atoms with Gasteiger partial charge in [0, 0.05) is 5.75 Å². The first-order valence-corrected chi connectivity index (χ1v) is 8.16. The summed E-state index contributed by atoms with van der Waals surface area (Å²) in [6.07, 6.45) is -0.472. The predicted molar refractivity (Wildman–Crippen MR) is 87.9 cm³/mol. The van der Waals surface area contributed by atoms with Crippen molar-refractivity contribution in [3.8, 4) is 0 Å². The van der Waals surface area contributed by atoms with Crippen molar-refractivity contribution in [2.45, 2.75) is 32.4 Å². The Labute approximate surface area is 135 Å². The summed E-state index contributed by atoms with van der Waals surface area (Å²) >= 11 is 1.40. The fourth-order valence-electron chi connectivity index (χ4n) is 1.68. The van der Waals surface area contributed by atoms with Crippen LogP contribution in [0.25, 0.3) is 0 Å². The van der Waals surface area contributed by atoms with Crippen LogP contribution < -0.4 is 5.32 Å². The first-order valence-electron chi connectivity index (χ1n) is 7.01. The first kappa shape index (κ1) is 18.4. The van der Waals surface area contributed by atoms with E-state index in [1.165, 1.54) is 18.9 Å². The van der Waals surface area contributed by atoms with Crippen molar-refractivity contribution in [3.05, 3.63) is 35.9 Å². The number of methoxy groups -OCH3 is 1. The van der Waals surface area contributed by atoms with Crippen LogP contribution in [0.2, 0.25) is 0 Å². The van der Waals surface area contributed by atoms with Gasteiger partial charge in [-0.25, -0.2) is 4.79 Å². The number of alkyl carbamates (subject to hydrolysis) is 1. The summed E-state index contributed by atoms with van der Waals surface area (Å²) in [6.45, 7) is 5.45. The molecule has 0 aromatic heterocycles. The van der Waals surface area contributed by atoms with Crippen molar-refractivity contribution in [3.63, 3.8) is 0 Å². The van der Waals surface area contributed by atoms with Gasteiger partial charge >= 0.3 is 12.1 Å². The Morgan fingerprint density at radius 1 is 1.23 bits per heavy atom. The fourth-order valence-corrected chi connectivity index (χ4v) is 2.59. The van der Waals surface area contributed by atoms with Gasteiger partial charge in [0.25, 0.3) is 0 Å². The molecule has 6 heteroatoms. The summed E-state index contributed by atoms with van der Waals surface area (Å²) in [4.78, 5) is 23.1. The molecule has 0 spiro atoms. The van der Waals surface area contributed by atoms with Crippen LogP contribution in [-0.4, -0.2) is 36.3 Å². The van der Waals surface area contributed by atoms with Crippen LogP contribution in [0, 0.1) is 0 Å². The van der Waals surface area contributed by atoms with E-state index < -0.39 is 11.7 Å². The Balaban J connectivity index is 2.66. The summed E-state index contributed by atoms with van der Waals surface area (Å²) in [5.74, 6) is 0.517. The summed E-state index contributed by atoms with van der Waals surface area (Å²) in [6, 6.07) is 9.36. The van der Waals surface area contributed by atoms with Crippen molar-refractivity contribution >= 4 is 23.8 Å². The zero-order valence-corrected chi connectivity index (χ0v) is 14.2. The molecule has 5 nitrogen and oxygen atoms in total. The van der Waals surface area contributed by atoms with Crippen LogP contribution in [-0.2, 0) is 14.3 Å². The van der Waals surface area contributed by atoms with Gasteiger partial charge in [-0.2, -0.15) is 0 Å². The summed E-state index contributed by atoms with van der Waals surface area (Å²) < 4.78 is 9.90. The Morgan fingerprint density at radius 2 is 1.86 bits per heavy atom. The molecule has 1 rings (SSSR count). The Hall–Kier alpha value is -1.69. The van der Waals surface area contributed by atoms with Gasteiger partial charge in [0.2, 0.25) is 0 Å². The number of ether oxygens (including phenoxy) is 2. The SMILES string of the molecule is COC(=O)CSCC(NC(=O)OC(C)(C)C)c1ccccc1. The molecule has 0 saturated carbocycles. The Morgan fingerprint density at radius 3 is 2.41 bits per heavy atom. The van der Waals surface area contributed by atoms with E-state index in [2.05, 4.69) is 10.1 Å². The molecule has 1 aromatic carbocycles. The van der Waals surface area contributed by atoms with Crippen LogP contribution >= 0.6 is 11.8 Å². The molecule has 0 aliphatic heterocycles. The molecule has 22 heavy (non-hydrogen) atoms. The molecule has 0 fully saturated rings. The molecule has 122 valence electrons. The van der Waals surface area contributed by atoms with Crippen molar-refractivity contribution in [1.29, 1.82) is 0 Å². The number of benzene rings is 1. The third kappa shape index (κ3) is 7.36. The molecule has 1 amide bonds. The van der Waals surface area contributed by atoms with Gasteiger partial charge in [0.1, 0.15) is 5.60 Å². The van der Waals surface area contributed by atoms with Crippen LogP contribution in [0.4, 0.5) is 4.79 Å². The lowest BCUT2D eigenvalue weighted by Crippen LogP contribution is -2.36. The molecule has 0 saturated heterocycles. The van der Waals surface area contributed by atoms with E-state index in [0.717, 1.165) is 5.56 Å². The van der Waals surface area contributed by atoms with E-state index in [1.807, 2.05) is 51.1 Å². The number of rotatable bonds is 6. The van der Waals surface area contributed by atoms with Crippen LogP contribution in [0.3, 0.4) is 0 Å². The van der Waals surface area contributed by atoms with Crippen LogP contribution in [0.5, 0.6) is 0 Å². The molecule has 0 aliphatic rings. The summed E-state index contributed by atoms with van der Waals surface area (Å²) in [7, 11) is 1.36. The highest BCUT2D eigenvalue weighted by Gasteiger charge is 2.20. The van der Waals surface area contributed by atoms with E-state index >= 15 is 0 Å². The second kappa shape index (κ2) is 8.68. The van der Waals surface area contributed by atoms with Gasteiger partial charge in [-0.1, -0.05) is 30.3 Å². The normalized spacial score (nSPS) is 12.4. The number of amides is 1. The molecule has 1 atom stereocenters.